The summed E-state index contributed by atoms with van der Waals surface area (Å²) in [6, 6.07) is 0. The molecule has 0 aliphatic rings. The van der Waals surface area contributed by atoms with E-state index in [-0.39, 0.29) is 0 Å². The molecule has 0 saturated heterocycles. The highest BCUT2D eigenvalue weighted by Crippen LogP contribution is 2.12. The van der Waals surface area contributed by atoms with Crippen LogP contribution in [0.5, 0.6) is 0 Å². The molecular weight excluding hydrogens is 227 g/mol. The zero-order valence-electron chi connectivity index (χ0n) is 6.84. The Morgan fingerprint density at radius 3 is 2.21 bits per heavy atom. The summed E-state index contributed by atoms with van der Waals surface area (Å²) in [5, 5.41) is 1.46. The molecule has 0 aromatic heterocycles. The number of carbonyl (C=O) groups is 1. The van der Waals surface area contributed by atoms with Crippen LogP contribution in [0, 0.1) is 0 Å². The van der Waals surface area contributed by atoms with Crippen molar-refractivity contribution in [1.82, 2.24) is 5.32 Å². The van der Waals surface area contributed by atoms with E-state index in [1.54, 1.807) is 0 Å². The summed E-state index contributed by atoms with van der Waals surface area (Å²) < 4.78 is 62.9. The summed E-state index contributed by atoms with van der Waals surface area (Å²) in [5.74, 6) is -1.98. The first-order valence-electron chi connectivity index (χ1n) is 3.39. The maximum absolute atomic E-state index is 11.5. The highest BCUT2D eigenvalue weighted by atomic mass is 32.2. The van der Waals surface area contributed by atoms with Crippen LogP contribution in [0.1, 0.15) is 6.42 Å². The molecule has 0 radical (unpaired) electrons. The topological polar surface area (TPSA) is 83.5 Å². The van der Waals surface area contributed by atoms with Crippen LogP contribution in [-0.2, 0) is 14.9 Å². The highest BCUT2D eigenvalue weighted by molar-refractivity contribution is 7.85. The minimum absolute atomic E-state index is 0.699. The van der Waals surface area contributed by atoms with Crippen LogP contribution in [0.15, 0.2) is 0 Å². The van der Waals surface area contributed by atoms with Crippen LogP contribution in [0.25, 0.3) is 0 Å². The molecule has 14 heavy (non-hydrogen) atoms. The number of hydrogen-bond donors (Lipinski definition) is 2. The molecule has 0 saturated carbocycles. The lowest BCUT2D eigenvalue weighted by atomic mass is 10.4. The van der Waals surface area contributed by atoms with Gasteiger partial charge in [0.15, 0.2) is 0 Å². The Bertz CT molecular complexity index is 297. The van der Waals surface area contributed by atoms with E-state index >= 15 is 0 Å². The summed E-state index contributed by atoms with van der Waals surface area (Å²) in [4.78, 5) is 10.5. The Labute approximate surface area is 78.0 Å². The van der Waals surface area contributed by atoms with Gasteiger partial charge in [-0.25, -0.2) is 0 Å². The number of rotatable bonds is 4. The van der Waals surface area contributed by atoms with E-state index in [4.69, 9.17) is 4.55 Å². The largest absolute Gasteiger partial charge is 0.405 e. The van der Waals surface area contributed by atoms with Crippen molar-refractivity contribution in [3.05, 3.63) is 0 Å². The van der Waals surface area contributed by atoms with Crippen LogP contribution in [0.3, 0.4) is 0 Å². The SMILES string of the molecule is O=C(CCS(=O)(=O)O)NCC(F)(F)F. The molecule has 0 fully saturated rings. The molecule has 84 valence electrons. The number of alkyl halides is 3. The van der Waals surface area contributed by atoms with Crippen molar-refractivity contribution in [1.29, 1.82) is 0 Å². The van der Waals surface area contributed by atoms with Gasteiger partial charge in [-0.2, -0.15) is 21.6 Å². The fraction of sp³-hybridized carbons (Fsp3) is 0.800. The van der Waals surface area contributed by atoms with Crippen molar-refractivity contribution in [2.24, 2.45) is 0 Å². The summed E-state index contributed by atoms with van der Waals surface area (Å²) >= 11 is 0. The Hall–Kier alpha value is -0.830. The van der Waals surface area contributed by atoms with E-state index in [0.29, 0.717) is 0 Å². The first-order valence-corrected chi connectivity index (χ1v) is 5.00. The summed E-state index contributed by atoms with van der Waals surface area (Å²) in [7, 11) is -4.32. The molecule has 0 aromatic carbocycles. The van der Waals surface area contributed by atoms with Gasteiger partial charge in [-0.1, -0.05) is 0 Å². The summed E-state index contributed by atoms with van der Waals surface area (Å²) in [6.45, 7) is -1.52. The second-order valence-electron chi connectivity index (χ2n) is 2.43. The molecule has 0 aliphatic carbocycles. The van der Waals surface area contributed by atoms with Gasteiger partial charge in [0.25, 0.3) is 10.1 Å². The minimum atomic E-state index is -4.53. The molecule has 0 unspecified atom stereocenters. The molecule has 0 heterocycles. The van der Waals surface area contributed by atoms with Gasteiger partial charge < -0.3 is 5.32 Å². The van der Waals surface area contributed by atoms with E-state index < -0.39 is 40.9 Å². The fourth-order valence-electron chi connectivity index (χ4n) is 0.509. The molecule has 0 aliphatic heterocycles. The molecule has 5 nitrogen and oxygen atoms in total. The number of amides is 1. The van der Waals surface area contributed by atoms with Crippen LogP contribution >= 0.6 is 0 Å². The Kier molecular flexibility index (Phi) is 4.33. The lowest BCUT2D eigenvalue weighted by Crippen LogP contribution is -2.34. The van der Waals surface area contributed by atoms with E-state index in [2.05, 4.69) is 0 Å². The van der Waals surface area contributed by atoms with E-state index in [1.807, 2.05) is 0 Å². The van der Waals surface area contributed by atoms with Gasteiger partial charge in [0.1, 0.15) is 6.54 Å². The molecule has 9 heteroatoms. The predicted molar refractivity (Wildman–Crippen MR) is 40.1 cm³/mol. The molecule has 0 aromatic rings. The first kappa shape index (κ1) is 13.2. The highest BCUT2D eigenvalue weighted by Gasteiger charge is 2.27. The van der Waals surface area contributed by atoms with E-state index in [1.165, 1.54) is 5.32 Å². The van der Waals surface area contributed by atoms with Crippen molar-refractivity contribution in [2.45, 2.75) is 12.6 Å². The monoisotopic (exact) mass is 235 g/mol. The Balaban J connectivity index is 3.79. The Morgan fingerprint density at radius 1 is 1.36 bits per heavy atom. The molecule has 0 atom stereocenters. The molecule has 1 amide bonds. The van der Waals surface area contributed by atoms with Crippen LogP contribution in [-0.4, -0.2) is 37.4 Å². The lowest BCUT2D eigenvalue weighted by Gasteiger charge is -2.07. The lowest BCUT2D eigenvalue weighted by molar-refractivity contribution is -0.138. The van der Waals surface area contributed by atoms with Crippen LogP contribution in [0.4, 0.5) is 13.2 Å². The van der Waals surface area contributed by atoms with Crippen molar-refractivity contribution in [2.75, 3.05) is 12.3 Å². The zero-order chi connectivity index (χ0) is 11.4. The average molecular weight is 235 g/mol. The molecule has 0 rings (SSSR count). The van der Waals surface area contributed by atoms with Crippen molar-refractivity contribution in [3.63, 3.8) is 0 Å². The third-order valence-corrected chi connectivity index (χ3v) is 1.79. The second kappa shape index (κ2) is 4.60. The second-order valence-corrected chi connectivity index (χ2v) is 4.00. The van der Waals surface area contributed by atoms with E-state index in [9.17, 15) is 26.4 Å². The number of carbonyl (C=O) groups excluding carboxylic acids is 1. The smallest absolute Gasteiger partial charge is 0.347 e. The number of nitrogens with one attached hydrogen (secondary N) is 1. The van der Waals surface area contributed by atoms with Crippen LogP contribution < -0.4 is 5.32 Å². The van der Waals surface area contributed by atoms with Crippen molar-refractivity contribution in [3.8, 4) is 0 Å². The van der Waals surface area contributed by atoms with Gasteiger partial charge in [-0.3, -0.25) is 9.35 Å². The maximum Gasteiger partial charge on any atom is 0.405 e. The zero-order valence-corrected chi connectivity index (χ0v) is 7.65. The molecular formula is C5H8F3NO4S. The Morgan fingerprint density at radius 2 is 1.86 bits per heavy atom. The average Bonchev–Trinajstić information content (AvgIpc) is 1.94. The van der Waals surface area contributed by atoms with Gasteiger partial charge in [-0.05, 0) is 0 Å². The van der Waals surface area contributed by atoms with Crippen molar-refractivity contribution < 1.29 is 30.9 Å². The van der Waals surface area contributed by atoms with Gasteiger partial charge >= 0.3 is 6.18 Å². The first-order chi connectivity index (χ1) is 6.10. The summed E-state index contributed by atoms with van der Waals surface area (Å²) in [5.41, 5.74) is 0. The quantitative estimate of drug-likeness (QED) is 0.669. The predicted octanol–water partition coefficient (Wildman–Crippen LogP) is -0.0572. The number of hydrogen-bond acceptors (Lipinski definition) is 3. The van der Waals surface area contributed by atoms with Gasteiger partial charge in [-0.15, -0.1) is 0 Å². The molecule has 2 N–H and O–H groups in total. The molecule has 0 spiro atoms. The normalized spacial score (nSPS) is 12.6. The van der Waals surface area contributed by atoms with Gasteiger partial charge in [0, 0.05) is 6.42 Å². The number of halogens is 3. The third kappa shape index (κ3) is 9.26. The maximum atomic E-state index is 11.5. The van der Waals surface area contributed by atoms with Crippen molar-refractivity contribution >= 4 is 16.0 Å². The standard InChI is InChI=1S/C5H8F3NO4S/c6-5(7,8)3-9-4(10)1-2-14(11,12)13/h1-3H2,(H,9,10)(H,11,12,13). The third-order valence-electron chi connectivity index (χ3n) is 1.07. The van der Waals surface area contributed by atoms with Crippen LogP contribution in [0.2, 0.25) is 0 Å². The minimum Gasteiger partial charge on any atom is -0.347 e. The van der Waals surface area contributed by atoms with Gasteiger partial charge in [0.05, 0.1) is 5.75 Å². The summed E-state index contributed by atoms with van der Waals surface area (Å²) in [6.07, 6.45) is -5.23. The van der Waals surface area contributed by atoms with E-state index in [0.717, 1.165) is 0 Å². The van der Waals surface area contributed by atoms with Gasteiger partial charge in [0.2, 0.25) is 5.91 Å². The molecule has 0 bridgehead atoms. The fourth-order valence-corrected chi connectivity index (χ4v) is 0.952.